The maximum atomic E-state index is 10.5. The summed E-state index contributed by atoms with van der Waals surface area (Å²) in [4.78, 5) is 13.8. The Balaban J connectivity index is 2.05. The van der Waals surface area contributed by atoms with Crippen LogP contribution in [0.25, 0.3) is 0 Å². The summed E-state index contributed by atoms with van der Waals surface area (Å²) in [7, 11) is 0. The second-order valence-corrected chi connectivity index (χ2v) is 2.68. The molecule has 0 aliphatic rings. The monoisotopic (exact) mass is 209 g/mol. The lowest BCUT2D eigenvalue weighted by Crippen LogP contribution is -2.02. The maximum Gasteiger partial charge on any atom is 0.366 e. The van der Waals surface area contributed by atoms with Crippen LogP contribution in [0.2, 0.25) is 0 Å². The molecule has 9 nitrogen and oxygen atoms in total. The van der Waals surface area contributed by atoms with Gasteiger partial charge >= 0.3 is 5.82 Å². The number of hydrogen-bond donors (Lipinski definition) is 3. The molecule has 0 radical (unpaired) electrons. The maximum absolute atomic E-state index is 10.5. The number of aromatic nitrogens is 5. The highest BCUT2D eigenvalue weighted by Crippen LogP contribution is 2.19. The summed E-state index contributed by atoms with van der Waals surface area (Å²) in [5.74, 6) is 0.417. The summed E-state index contributed by atoms with van der Waals surface area (Å²) in [6.07, 6.45) is 2.70. The molecule has 9 heteroatoms. The third-order valence-electron chi connectivity index (χ3n) is 1.71. The second-order valence-electron chi connectivity index (χ2n) is 2.68. The van der Waals surface area contributed by atoms with E-state index in [1.54, 1.807) is 0 Å². The van der Waals surface area contributed by atoms with Gasteiger partial charge in [0.05, 0.1) is 6.54 Å². The fourth-order valence-corrected chi connectivity index (χ4v) is 1.04. The van der Waals surface area contributed by atoms with E-state index in [-0.39, 0.29) is 5.82 Å². The summed E-state index contributed by atoms with van der Waals surface area (Å²) < 4.78 is 0. The first kappa shape index (κ1) is 9.12. The van der Waals surface area contributed by atoms with Gasteiger partial charge in [0.25, 0.3) is 0 Å². The molecule has 0 saturated heterocycles. The normalized spacial score (nSPS) is 10.1. The van der Waals surface area contributed by atoms with Crippen LogP contribution < -0.4 is 5.32 Å². The van der Waals surface area contributed by atoms with Gasteiger partial charge in [-0.05, 0) is 4.92 Å². The molecule has 2 aromatic rings. The molecule has 0 aliphatic heterocycles. The number of anilines is 1. The molecule has 2 aromatic heterocycles. The fourth-order valence-electron chi connectivity index (χ4n) is 1.04. The van der Waals surface area contributed by atoms with E-state index in [1.807, 2.05) is 0 Å². The van der Waals surface area contributed by atoms with Crippen molar-refractivity contribution in [2.45, 2.75) is 6.54 Å². The minimum absolute atomic E-state index is 0.172. The molecule has 2 rings (SSSR count). The number of nitrogens with zero attached hydrogens (tertiary/aromatic N) is 4. The summed E-state index contributed by atoms with van der Waals surface area (Å²) >= 11 is 0. The van der Waals surface area contributed by atoms with E-state index in [0.29, 0.717) is 18.1 Å². The first-order valence-electron chi connectivity index (χ1n) is 4.03. The van der Waals surface area contributed by atoms with Gasteiger partial charge in [0, 0.05) is 0 Å². The molecule has 78 valence electrons. The molecular weight excluding hydrogens is 202 g/mol. The lowest BCUT2D eigenvalue weighted by molar-refractivity contribution is -0.388. The number of rotatable bonds is 4. The highest BCUT2D eigenvalue weighted by molar-refractivity contribution is 5.55. The molecule has 0 spiro atoms. The van der Waals surface area contributed by atoms with Gasteiger partial charge in [0.2, 0.25) is 0 Å². The Morgan fingerprint density at radius 3 is 3.00 bits per heavy atom. The average molecular weight is 209 g/mol. The van der Waals surface area contributed by atoms with E-state index >= 15 is 0 Å². The number of nitro groups is 1. The summed E-state index contributed by atoms with van der Waals surface area (Å²) in [6, 6.07) is 0. The SMILES string of the molecule is O=[N+]([O-])c1[nH]ncc1NCc1ncn[nH]1. The smallest absolute Gasteiger partial charge is 0.366 e. The van der Waals surface area contributed by atoms with Crippen molar-refractivity contribution < 1.29 is 4.92 Å². The quantitative estimate of drug-likeness (QED) is 0.482. The molecular formula is C6H7N7O2. The molecule has 2 heterocycles. The van der Waals surface area contributed by atoms with Crippen LogP contribution in [0.15, 0.2) is 12.5 Å². The third kappa shape index (κ3) is 1.90. The number of H-pyrrole nitrogens is 2. The first-order chi connectivity index (χ1) is 7.27. The number of nitrogens with one attached hydrogen (secondary N) is 3. The van der Waals surface area contributed by atoms with Crippen molar-refractivity contribution in [1.82, 2.24) is 25.4 Å². The summed E-state index contributed by atoms with van der Waals surface area (Å²) in [5.41, 5.74) is 0.316. The molecule has 0 amide bonds. The van der Waals surface area contributed by atoms with Gasteiger partial charge in [-0.3, -0.25) is 5.10 Å². The van der Waals surface area contributed by atoms with Crippen molar-refractivity contribution in [2.24, 2.45) is 0 Å². The van der Waals surface area contributed by atoms with Crippen molar-refractivity contribution in [2.75, 3.05) is 5.32 Å². The van der Waals surface area contributed by atoms with E-state index in [4.69, 9.17) is 0 Å². The van der Waals surface area contributed by atoms with E-state index in [9.17, 15) is 10.1 Å². The molecule has 0 fully saturated rings. The summed E-state index contributed by atoms with van der Waals surface area (Å²) in [5, 5.41) is 25.4. The van der Waals surface area contributed by atoms with Crippen molar-refractivity contribution >= 4 is 11.5 Å². The van der Waals surface area contributed by atoms with Crippen molar-refractivity contribution in [3.05, 3.63) is 28.5 Å². The van der Waals surface area contributed by atoms with Gasteiger partial charge in [0.1, 0.15) is 18.3 Å². The van der Waals surface area contributed by atoms with Crippen LogP contribution in [0, 0.1) is 10.1 Å². The van der Waals surface area contributed by atoms with Gasteiger partial charge in [-0.1, -0.05) is 5.10 Å². The predicted octanol–water partition coefficient (Wildman–Crippen LogP) is 0.0481. The number of aromatic amines is 2. The lowest BCUT2D eigenvalue weighted by Gasteiger charge is -1.99. The van der Waals surface area contributed by atoms with Crippen LogP contribution in [0.3, 0.4) is 0 Å². The Morgan fingerprint density at radius 1 is 1.47 bits per heavy atom. The van der Waals surface area contributed by atoms with Gasteiger partial charge in [-0.2, -0.15) is 5.10 Å². The first-order valence-corrected chi connectivity index (χ1v) is 4.03. The largest absolute Gasteiger partial charge is 0.370 e. The highest BCUT2D eigenvalue weighted by Gasteiger charge is 2.14. The zero-order valence-electron chi connectivity index (χ0n) is 7.47. The van der Waals surface area contributed by atoms with Crippen LogP contribution in [0.5, 0.6) is 0 Å². The molecule has 0 aliphatic carbocycles. The molecule has 0 atom stereocenters. The topological polar surface area (TPSA) is 125 Å². The van der Waals surface area contributed by atoms with E-state index in [0.717, 1.165) is 0 Å². The molecule has 0 saturated carbocycles. The standard InChI is InChI=1S/C6H7N7O2/c14-13(15)6-4(1-9-12-6)7-2-5-8-3-10-11-5/h1,3,7H,2H2,(H,9,12)(H,8,10,11). The predicted molar refractivity (Wildman–Crippen MR) is 49.0 cm³/mol. The Kier molecular flexibility index (Phi) is 2.27. The second kappa shape index (κ2) is 3.74. The Morgan fingerprint density at radius 2 is 2.33 bits per heavy atom. The van der Waals surface area contributed by atoms with Crippen molar-refractivity contribution in [1.29, 1.82) is 0 Å². The van der Waals surface area contributed by atoms with Crippen LogP contribution in [-0.4, -0.2) is 30.3 Å². The van der Waals surface area contributed by atoms with E-state index < -0.39 is 4.92 Å². The Bertz CT molecular complexity index is 448. The zero-order chi connectivity index (χ0) is 10.7. The molecule has 0 bridgehead atoms. The summed E-state index contributed by atoms with van der Waals surface area (Å²) in [6.45, 7) is 0.320. The minimum Gasteiger partial charge on any atom is -0.370 e. The van der Waals surface area contributed by atoms with Crippen molar-refractivity contribution in [3.8, 4) is 0 Å². The van der Waals surface area contributed by atoms with Crippen LogP contribution >= 0.6 is 0 Å². The van der Waals surface area contributed by atoms with Gasteiger partial charge in [-0.25, -0.2) is 4.98 Å². The average Bonchev–Trinajstić information content (AvgIpc) is 2.86. The Hall–Kier alpha value is -2.45. The van der Waals surface area contributed by atoms with E-state index in [2.05, 4.69) is 30.7 Å². The van der Waals surface area contributed by atoms with Crippen molar-refractivity contribution in [3.63, 3.8) is 0 Å². The van der Waals surface area contributed by atoms with E-state index in [1.165, 1.54) is 12.5 Å². The van der Waals surface area contributed by atoms with Gasteiger partial charge in [-0.15, -0.1) is 5.10 Å². The Labute approximate surface area is 83.1 Å². The van der Waals surface area contributed by atoms with Gasteiger partial charge < -0.3 is 15.4 Å². The highest BCUT2D eigenvalue weighted by atomic mass is 16.6. The lowest BCUT2D eigenvalue weighted by atomic mass is 10.5. The minimum atomic E-state index is -0.546. The number of hydrogen-bond acceptors (Lipinski definition) is 6. The van der Waals surface area contributed by atoms with Crippen LogP contribution in [0.4, 0.5) is 11.5 Å². The molecule has 0 aromatic carbocycles. The molecule has 0 unspecified atom stereocenters. The third-order valence-corrected chi connectivity index (χ3v) is 1.71. The van der Waals surface area contributed by atoms with Gasteiger partial charge in [0.15, 0.2) is 5.69 Å². The van der Waals surface area contributed by atoms with Crippen LogP contribution in [-0.2, 0) is 6.54 Å². The van der Waals surface area contributed by atoms with Crippen LogP contribution in [0.1, 0.15) is 5.82 Å². The molecule has 3 N–H and O–H groups in total. The zero-order valence-corrected chi connectivity index (χ0v) is 7.47. The fraction of sp³-hybridized carbons (Fsp3) is 0.167. The molecule has 15 heavy (non-hydrogen) atoms.